The summed E-state index contributed by atoms with van der Waals surface area (Å²) < 4.78 is 18.5. The van der Waals surface area contributed by atoms with Crippen molar-refractivity contribution in [3.8, 4) is 0 Å². The van der Waals surface area contributed by atoms with Crippen LogP contribution in [-0.2, 0) is 17.9 Å². The van der Waals surface area contributed by atoms with Crippen LogP contribution in [-0.4, -0.2) is 13.0 Å². The summed E-state index contributed by atoms with van der Waals surface area (Å²) in [6, 6.07) is 9.86. The number of benzene rings is 2. The number of rotatable bonds is 5. The molecule has 0 unspecified atom stereocenters. The molecule has 0 aromatic heterocycles. The fourth-order valence-electron chi connectivity index (χ4n) is 1.97. The van der Waals surface area contributed by atoms with Crippen molar-refractivity contribution in [2.24, 2.45) is 0 Å². The summed E-state index contributed by atoms with van der Waals surface area (Å²) in [5.74, 6) is -1.14. The van der Waals surface area contributed by atoms with Crippen LogP contribution in [0, 0.1) is 5.82 Å². The smallest absolute Gasteiger partial charge is 0.253 e. The number of carbonyl (C=O) groups excluding carboxylic acids is 1. The second kappa shape index (κ2) is 7.58. The Hall–Kier alpha value is -1.62. The molecule has 1 N–H and O–H groups in total. The van der Waals surface area contributed by atoms with Crippen molar-refractivity contribution in [2.75, 3.05) is 7.11 Å². The van der Waals surface area contributed by atoms with E-state index in [1.165, 1.54) is 6.07 Å². The van der Waals surface area contributed by atoms with Crippen molar-refractivity contribution in [3.05, 3.63) is 69.0 Å². The number of methoxy groups -OCH3 is 1. The monoisotopic (exact) mass is 341 g/mol. The van der Waals surface area contributed by atoms with Crippen LogP contribution in [0.3, 0.4) is 0 Å². The van der Waals surface area contributed by atoms with E-state index in [1.807, 2.05) is 24.3 Å². The first-order valence-corrected chi connectivity index (χ1v) is 7.26. The van der Waals surface area contributed by atoms with Crippen molar-refractivity contribution in [1.82, 2.24) is 5.32 Å². The van der Waals surface area contributed by atoms with E-state index in [1.54, 1.807) is 7.11 Å². The molecule has 2 rings (SSSR count). The molecule has 0 saturated carbocycles. The summed E-state index contributed by atoms with van der Waals surface area (Å²) in [6.07, 6.45) is 0. The van der Waals surface area contributed by atoms with E-state index in [2.05, 4.69) is 5.32 Å². The third-order valence-electron chi connectivity index (χ3n) is 3.01. The molecule has 0 aliphatic carbocycles. The maximum Gasteiger partial charge on any atom is 0.253 e. The SMILES string of the molecule is COCc1cccc(CNC(=O)c2cc(F)c(Cl)cc2Cl)c1. The van der Waals surface area contributed by atoms with Crippen LogP contribution >= 0.6 is 23.2 Å². The maximum absolute atomic E-state index is 13.4. The lowest BCUT2D eigenvalue weighted by Crippen LogP contribution is -2.23. The van der Waals surface area contributed by atoms with Crippen LogP contribution in [0.5, 0.6) is 0 Å². The van der Waals surface area contributed by atoms with Gasteiger partial charge in [0, 0.05) is 13.7 Å². The molecular weight excluding hydrogens is 328 g/mol. The molecule has 0 spiro atoms. The molecule has 0 aliphatic rings. The third kappa shape index (κ3) is 4.19. The molecule has 22 heavy (non-hydrogen) atoms. The molecule has 0 fully saturated rings. The number of hydrogen-bond donors (Lipinski definition) is 1. The Labute approximate surface area is 138 Å². The third-order valence-corrected chi connectivity index (χ3v) is 3.61. The van der Waals surface area contributed by atoms with Crippen LogP contribution in [0.4, 0.5) is 4.39 Å². The van der Waals surface area contributed by atoms with Gasteiger partial charge in [-0.2, -0.15) is 0 Å². The van der Waals surface area contributed by atoms with Gasteiger partial charge in [0.2, 0.25) is 0 Å². The predicted octanol–water partition coefficient (Wildman–Crippen LogP) is 4.21. The van der Waals surface area contributed by atoms with Gasteiger partial charge >= 0.3 is 0 Å². The zero-order valence-corrected chi connectivity index (χ0v) is 13.3. The van der Waals surface area contributed by atoms with Crippen molar-refractivity contribution >= 4 is 29.1 Å². The van der Waals surface area contributed by atoms with Gasteiger partial charge in [0.1, 0.15) is 5.82 Å². The Morgan fingerprint density at radius 1 is 1.18 bits per heavy atom. The van der Waals surface area contributed by atoms with Crippen LogP contribution < -0.4 is 5.32 Å². The van der Waals surface area contributed by atoms with E-state index in [0.717, 1.165) is 17.2 Å². The minimum Gasteiger partial charge on any atom is -0.380 e. The van der Waals surface area contributed by atoms with Crippen molar-refractivity contribution in [1.29, 1.82) is 0 Å². The number of hydrogen-bond acceptors (Lipinski definition) is 2. The number of ether oxygens (including phenoxy) is 1. The van der Waals surface area contributed by atoms with Crippen molar-refractivity contribution in [2.45, 2.75) is 13.2 Å². The number of amides is 1. The first-order chi connectivity index (χ1) is 10.5. The molecule has 2 aromatic rings. The minimum atomic E-state index is -0.682. The zero-order valence-electron chi connectivity index (χ0n) is 11.8. The average molecular weight is 342 g/mol. The molecule has 0 radical (unpaired) electrons. The molecule has 2 aromatic carbocycles. The van der Waals surface area contributed by atoms with Gasteiger partial charge in [-0.15, -0.1) is 0 Å². The first kappa shape index (κ1) is 16.7. The lowest BCUT2D eigenvalue weighted by molar-refractivity contribution is 0.0950. The van der Waals surface area contributed by atoms with E-state index in [4.69, 9.17) is 27.9 Å². The Balaban J connectivity index is 2.07. The Morgan fingerprint density at radius 3 is 2.64 bits per heavy atom. The molecule has 116 valence electrons. The average Bonchev–Trinajstić information content (AvgIpc) is 2.49. The Bertz CT molecular complexity index is 692. The molecule has 0 saturated heterocycles. The van der Waals surface area contributed by atoms with E-state index < -0.39 is 11.7 Å². The summed E-state index contributed by atoms with van der Waals surface area (Å²) >= 11 is 11.5. The lowest BCUT2D eigenvalue weighted by Gasteiger charge is -2.09. The lowest BCUT2D eigenvalue weighted by atomic mass is 10.1. The molecule has 0 bridgehead atoms. The first-order valence-electron chi connectivity index (χ1n) is 6.50. The summed E-state index contributed by atoms with van der Waals surface area (Å²) in [5, 5.41) is 2.69. The molecule has 0 atom stereocenters. The Morgan fingerprint density at radius 2 is 1.91 bits per heavy atom. The highest BCUT2D eigenvalue weighted by molar-refractivity contribution is 6.36. The van der Waals surface area contributed by atoms with Crippen LogP contribution in [0.15, 0.2) is 36.4 Å². The number of halogens is 3. The molecule has 1 amide bonds. The normalized spacial score (nSPS) is 10.5. The van der Waals surface area contributed by atoms with Crippen molar-refractivity contribution < 1.29 is 13.9 Å². The highest BCUT2D eigenvalue weighted by atomic mass is 35.5. The van der Waals surface area contributed by atoms with E-state index >= 15 is 0 Å². The summed E-state index contributed by atoms with van der Waals surface area (Å²) in [7, 11) is 1.62. The molecular formula is C16H14Cl2FNO2. The van der Waals surface area contributed by atoms with Gasteiger partial charge in [-0.05, 0) is 23.3 Å². The van der Waals surface area contributed by atoms with Crippen LogP contribution in [0.25, 0.3) is 0 Å². The summed E-state index contributed by atoms with van der Waals surface area (Å²) in [6.45, 7) is 0.799. The summed E-state index contributed by atoms with van der Waals surface area (Å²) in [4.78, 5) is 12.1. The fraction of sp³-hybridized carbons (Fsp3) is 0.188. The number of nitrogens with one attached hydrogen (secondary N) is 1. The number of carbonyl (C=O) groups is 1. The van der Waals surface area contributed by atoms with Crippen molar-refractivity contribution in [3.63, 3.8) is 0 Å². The van der Waals surface area contributed by atoms with Crippen LogP contribution in [0.1, 0.15) is 21.5 Å². The second-order valence-electron chi connectivity index (χ2n) is 4.68. The predicted molar refractivity (Wildman–Crippen MR) is 84.7 cm³/mol. The summed E-state index contributed by atoms with van der Waals surface area (Å²) in [5.41, 5.74) is 1.97. The standard InChI is InChI=1S/C16H14Cl2FNO2/c1-22-9-11-4-2-3-10(5-11)8-20-16(21)12-6-15(19)14(18)7-13(12)17/h2-7H,8-9H2,1H3,(H,20,21). The highest BCUT2D eigenvalue weighted by Crippen LogP contribution is 2.24. The van der Waals surface area contributed by atoms with Gasteiger partial charge in [0.15, 0.2) is 0 Å². The van der Waals surface area contributed by atoms with Gasteiger partial charge < -0.3 is 10.1 Å². The Kier molecular flexibility index (Phi) is 5.77. The highest BCUT2D eigenvalue weighted by Gasteiger charge is 2.14. The largest absolute Gasteiger partial charge is 0.380 e. The van der Waals surface area contributed by atoms with Gasteiger partial charge in [0.25, 0.3) is 5.91 Å². The van der Waals surface area contributed by atoms with Crippen LogP contribution in [0.2, 0.25) is 10.0 Å². The van der Waals surface area contributed by atoms with E-state index in [-0.39, 0.29) is 15.6 Å². The van der Waals surface area contributed by atoms with E-state index in [9.17, 15) is 9.18 Å². The molecule has 0 heterocycles. The quantitative estimate of drug-likeness (QED) is 0.827. The fourth-order valence-corrected chi connectivity index (χ4v) is 2.44. The second-order valence-corrected chi connectivity index (χ2v) is 5.50. The molecule has 0 aliphatic heterocycles. The van der Waals surface area contributed by atoms with Gasteiger partial charge in [-0.1, -0.05) is 47.5 Å². The maximum atomic E-state index is 13.4. The molecule has 3 nitrogen and oxygen atoms in total. The van der Waals surface area contributed by atoms with Gasteiger partial charge in [0.05, 0.1) is 22.2 Å². The molecule has 6 heteroatoms. The van der Waals surface area contributed by atoms with E-state index in [0.29, 0.717) is 13.2 Å². The zero-order chi connectivity index (χ0) is 16.1. The topological polar surface area (TPSA) is 38.3 Å². The van der Waals surface area contributed by atoms with Gasteiger partial charge in [-0.25, -0.2) is 4.39 Å². The minimum absolute atomic E-state index is 0.0524. The van der Waals surface area contributed by atoms with Gasteiger partial charge in [-0.3, -0.25) is 4.79 Å².